The molecule has 3 N–H and O–H groups in total. The van der Waals surface area contributed by atoms with Gasteiger partial charge in [-0.2, -0.15) is 0 Å². The van der Waals surface area contributed by atoms with E-state index in [9.17, 15) is 32.6 Å². The predicted octanol–water partition coefficient (Wildman–Crippen LogP) is 3.68. The minimum Gasteiger partial charge on any atom is -0.486 e. The molecule has 0 saturated carbocycles. The number of sulfonamides is 1. The molecule has 42 heavy (non-hydrogen) atoms. The molecule has 0 fully saturated rings. The molecule has 1 amide bonds. The monoisotopic (exact) mass is 599 g/mol. The second kappa shape index (κ2) is 12.9. The van der Waals surface area contributed by atoms with Gasteiger partial charge in [0.15, 0.2) is 5.75 Å². The lowest BCUT2D eigenvalue weighted by atomic mass is 9.99. The molecule has 3 aromatic carbocycles. The number of carbonyl (C=O) groups is 2. The smallest absolute Gasteiger partial charge is 0.335 e. The van der Waals surface area contributed by atoms with Crippen molar-refractivity contribution in [2.45, 2.75) is 37.4 Å². The van der Waals surface area contributed by atoms with E-state index in [1.54, 1.807) is 30.0 Å². The van der Waals surface area contributed by atoms with Gasteiger partial charge in [-0.3, -0.25) is 14.4 Å². The molecular formula is C30H34FN3O7S. The van der Waals surface area contributed by atoms with Crippen molar-refractivity contribution in [1.82, 2.24) is 9.80 Å². The summed E-state index contributed by atoms with van der Waals surface area (Å²) in [6.07, 6.45) is -0.509. The molecular weight excluding hydrogens is 565 g/mol. The van der Waals surface area contributed by atoms with Crippen molar-refractivity contribution < 1.29 is 37.3 Å². The molecule has 224 valence electrons. The van der Waals surface area contributed by atoms with Crippen LogP contribution in [0.25, 0.3) is 0 Å². The van der Waals surface area contributed by atoms with Gasteiger partial charge in [-0.1, -0.05) is 25.1 Å². The topological polar surface area (TPSA) is 136 Å². The number of ether oxygens (including phenoxy) is 1. The van der Waals surface area contributed by atoms with Gasteiger partial charge in [0.1, 0.15) is 11.9 Å². The molecule has 1 aliphatic rings. The number of carboxylic acids is 1. The van der Waals surface area contributed by atoms with Gasteiger partial charge in [-0.15, -0.1) is 0 Å². The van der Waals surface area contributed by atoms with E-state index in [4.69, 9.17) is 4.74 Å². The third-order valence-corrected chi connectivity index (χ3v) is 8.59. The van der Waals surface area contributed by atoms with Gasteiger partial charge >= 0.3 is 5.97 Å². The Morgan fingerprint density at radius 2 is 1.81 bits per heavy atom. The number of anilines is 1. The highest BCUT2D eigenvalue weighted by Crippen LogP contribution is 2.36. The number of rotatable bonds is 10. The van der Waals surface area contributed by atoms with Crippen LogP contribution in [0.3, 0.4) is 0 Å². The number of aliphatic hydroxyl groups excluding tert-OH is 1. The average molecular weight is 600 g/mol. The minimum atomic E-state index is -4.15. The second-order valence-corrected chi connectivity index (χ2v) is 12.2. The van der Waals surface area contributed by atoms with Crippen molar-refractivity contribution in [3.8, 4) is 5.75 Å². The quantitative estimate of drug-likeness (QED) is 0.321. The van der Waals surface area contributed by atoms with Crippen LogP contribution in [0.2, 0.25) is 0 Å². The summed E-state index contributed by atoms with van der Waals surface area (Å²) in [5, 5.41) is 19.1. The first kappa shape index (κ1) is 30.9. The molecule has 0 aromatic heterocycles. The highest BCUT2D eigenvalue weighted by Gasteiger charge is 2.35. The summed E-state index contributed by atoms with van der Waals surface area (Å²) in [6, 6.07) is 15.0. The van der Waals surface area contributed by atoms with E-state index in [-0.39, 0.29) is 46.5 Å². The maximum absolute atomic E-state index is 13.7. The number of benzene rings is 3. The number of carbonyl (C=O) groups excluding carboxylic acids is 1. The second-order valence-electron chi connectivity index (χ2n) is 10.6. The molecule has 0 aliphatic carbocycles. The van der Waals surface area contributed by atoms with E-state index in [0.717, 1.165) is 29.8 Å². The Balaban J connectivity index is 1.67. The van der Waals surface area contributed by atoms with Crippen molar-refractivity contribution >= 4 is 27.6 Å². The molecule has 1 aliphatic heterocycles. The van der Waals surface area contributed by atoms with Crippen molar-refractivity contribution in [3.05, 3.63) is 89.2 Å². The van der Waals surface area contributed by atoms with Crippen molar-refractivity contribution in [1.29, 1.82) is 0 Å². The first-order chi connectivity index (χ1) is 19.9. The van der Waals surface area contributed by atoms with Crippen LogP contribution < -0.4 is 9.46 Å². The largest absolute Gasteiger partial charge is 0.486 e. The van der Waals surface area contributed by atoms with Crippen LogP contribution in [0.5, 0.6) is 5.75 Å². The number of carboxylic acid groups (broad SMARTS) is 1. The molecule has 0 bridgehead atoms. The third kappa shape index (κ3) is 7.07. The summed E-state index contributed by atoms with van der Waals surface area (Å²) < 4.78 is 48.8. The van der Waals surface area contributed by atoms with Crippen LogP contribution in [-0.4, -0.2) is 79.2 Å². The van der Waals surface area contributed by atoms with Crippen LogP contribution in [0.4, 0.5) is 10.1 Å². The van der Waals surface area contributed by atoms with E-state index in [2.05, 4.69) is 4.72 Å². The van der Waals surface area contributed by atoms with Gasteiger partial charge in [0.2, 0.25) is 0 Å². The van der Waals surface area contributed by atoms with Crippen LogP contribution in [0.15, 0.2) is 71.6 Å². The van der Waals surface area contributed by atoms with E-state index in [1.807, 2.05) is 18.9 Å². The van der Waals surface area contributed by atoms with Gasteiger partial charge < -0.3 is 19.8 Å². The molecule has 12 heteroatoms. The number of para-hydroxylation sites is 1. The lowest BCUT2D eigenvalue weighted by molar-refractivity contribution is 0.0343. The summed E-state index contributed by atoms with van der Waals surface area (Å²) in [5.41, 5.74) is 1.26. The SMILES string of the molecule is C[C@@H]1CN([C@@H](C)CO)C(=O)c2cccc(NS(=O)(=O)c3ccc(F)cc3)c2O[C@@H]1CN(C)Cc1ccc(C(=O)O)cc1. The minimum absolute atomic E-state index is 0.0489. The molecule has 0 radical (unpaired) electrons. The molecule has 0 unspecified atom stereocenters. The first-order valence-corrected chi connectivity index (χ1v) is 14.9. The Labute approximate surface area is 244 Å². The maximum Gasteiger partial charge on any atom is 0.335 e. The van der Waals surface area contributed by atoms with Gasteiger partial charge in [0.05, 0.1) is 34.4 Å². The first-order valence-electron chi connectivity index (χ1n) is 13.4. The molecule has 4 rings (SSSR count). The highest BCUT2D eigenvalue weighted by atomic mass is 32.2. The lowest BCUT2D eigenvalue weighted by Gasteiger charge is -2.38. The Morgan fingerprint density at radius 3 is 2.43 bits per heavy atom. The number of amides is 1. The standard InChI is InChI=1S/C30H34FN3O7S/c1-19-15-34(20(2)18-35)29(36)25-5-4-6-26(32-42(39,40)24-13-11-23(31)12-14-24)28(25)41-27(19)17-33(3)16-21-7-9-22(10-8-21)30(37)38/h4-14,19-20,27,32,35H,15-18H2,1-3H3,(H,37,38)/t19-,20+,27-/m1/s1. The van der Waals surface area contributed by atoms with Crippen molar-refractivity contribution in [2.24, 2.45) is 5.92 Å². The number of likely N-dealkylation sites (N-methyl/N-ethyl adjacent to an activating group) is 1. The number of nitrogens with one attached hydrogen (secondary N) is 1. The predicted molar refractivity (Wildman–Crippen MR) is 155 cm³/mol. The van der Waals surface area contributed by atoms with E-state index < -0.39 is 39.9 Å². The number of aliphatic hydroxyl groups is 1. The summed E-state index contributed by atoms with van der Waals surface area (Å²) in [5.74, 6) is -2.17. The Kier molecular flexibility index (Phi) is 9.50. The summed E-state index contributed by atoms with van der Waals surface area (Å²) >= 11 is 0. The number of aromatic carboxylic acids is 1. The average Bonchev–Trinajstić information content (AvgIpc) is 2.95. The van der Waals surface area contributed by atoms with Crippen LogP contribution >= 0.6 is 0 Å². The van der Waals surface area contributed by atoms with Crippen LogP contribution in [0, 0.1) is 11.7 Å². The van der Waals surface area contributed by atoms with Gasteiger partial charge in [0, 0.05) is 25.6 Å². The molecule has 10 nitrogen and oxygen atoms in total. The molecule has 0 spiro atoms. The third-order valence-electron chi connectivity index (χ3n) is 7.20. The van der Waals surface area contributed by atoms with Gasteiger partial charge in [0.25, 0.3) is 15.9 Å². The number of hydrogen-bond donors (Lipinski definition) is 3. The van der Waals surface area contributed by atoms with E-state index in [1.165, 1.54) is 24.3 Å². The van der Waals surface area contributed by atoms with E-state index >= 15 is 0 Å². The number of hydrogen-bond acceptors (Lipinski definition) is 7. The Morgan fingerprint density at radius 1 is 1.14 bits per heavy atom. The molecule has 0 saturated heterocycles. The number of fused-ring (bicyclic) bond motifs is 1. The molecule has 3 aromatic rings. The summed E-state index contributed by atoms with van der Waals surface area (Å²) in [6.45, 7) is 4.54. The fraction of sp³-hybridized carbons (Fsp3) is 0.333. The van der Waals surface area contributed by atoms with Gasteiger partial charge in [-0.25, -0.2) is 17.6 Å². The Hall–Kier alpha value is -4.00. The lowest BCUT2D eigenvalue weighted by Crippen LogP contribution is -2.49. The fourth-order valence-corrected chi connectivity index (χ4v) is 5.86. The fourth-order valence-electron chi connectivity index (χ4n) is 4.80. The highest BCUT2D eigenvalue weighted by molar-refractivity contribution is 7.92. The zero-order chi connectivity index (χ0) is 30.6. The zero-order valence-corrected chi connectivity index (χ0v) is 24.3. The maximum atomic E-state index is 13.7. The zero-order valence-electron chi connectivity index (χ0n) is 23.5. The Bertz CT molecular complexity index is 1530. The number of nitrogens with zero attached hydrogens (tertiary/aromatic N) is 2. The summed E-state index contributed by atoms with van der Waals surface area (Å²) in [4.78, 5) is 28.3. The molecule has 1 heterocycles. The number of halogens is 1. The van der Waals surface area contributed by atoms with Crippen molar-refractivity contribution in [2.75, 3.05) is 31.5 Å². The molecule has 3 atom stereocenters. The van der Waals surface area contributed by atoms with Gasteiger partial charge in [-0.05, 0) is 68.1 Å². The van der Waals surface area contributed by atoms with Crippen LogP contribution in [-0.2, 0) is 16.6 Å². The van der Waals surface area contributed by atoms with Crippen molar-refractivity contribution in [3.63, 3.8) is 0 Å². The summed E-state index contributed by atoms with van der Waals surface area (Å²) in [7, 11) is -2.28. The van der Waals surface area contributed by atoms with E-state index in [0.29, 0.717) is 13.1 Å². The normalized spacial score (nSPS) is 18.0. The van der Waals surface area contributed by atoms with Crippen LogP contribution in [0.1, 0.15) is 40.1 Å².